The highest BCUT2D eigenvalue weighted by Crippen LogP contribution is 2.64. The van der Waals surface area contributed by atoms with E-state index in [1.807, 2.05) is 52.0 Å². The summed E-state index contributed by atoms with van der Waals surface area (Å²) in [6, 6.07) is 4.02. The first-order valence-corrected chi connectivity index (χ1v) is 12.8. The minimum Gasteiger partial charge on any atom is -0.382 e. The predicted octanol–water partition coefficient (Wildman–Crippen LogP) is 4.81. The number of fused-ring (bicyclic) bond motifs is 2. The zero-order valence-electron chi connectivity index (χ0n) is 16.9. The van der Waals surface area contributed by atoms with Crippen molar-refractivity contribution < 1.29 is 17.4 Å². The Hall–Kier alpha value is -1.53. The quantitative estimate of drug-likeness (QED) is 0.549. The van der Waals surface area contributed by atoms with Gasteiger partial charge in [0.2, 0.25) is 0 Å². The second kappa shape index (κ2) is 6.49. The smallest absolute Gasteiger partial charge is 0.310 e. The van der Waals surface area contributed by atoms with Crippen LogP contribution in [0.5, 0.6) is 5.75 Å². The van der Waals surface area contributed by atoms with E-state index in [1.54, 1.807) is 0 Å². The van der Waals surface area contributed by atoms with Crippen molar-refractivity contribution in [2.45, 2.75) is 51.9 Å². The van der Waals surface area contributed by atoms with E-state index in [4.69, 9.17) is 4.18 Å². The second-order valence-electron chi connectivity index (χ2n) is 8.95. The number of carbonyl (C=O) groups is 1. The van der Waals surface area contributed by atoms with Crippen molar-refractivity contribution >= 4 is 26.8 Å². The van der Waals surface area contributed by atoms with Crippen LogP contribution in [0.4, 0.5) is 0 Å². The zero-order valence-corrected chi connectivity index (χ0v) is 18.6. The Bertz CT molecular complexity index is 968. The number of benzene rings is 1. The average molecular weight is 421 g/mol. The van der Waals surface area contributed by atoms with Crippen LogP contribution in [0.15, 0.2) is 40.0 Å². The fourth-order valence-corrected chi connectivity index (χ4v) is 8.84. The molecule has 2 bridgehead atoms. The molecule has 2 fully saturated rings. The van der Waals surface area contributed by atoms with Crippen LogP contribution < -0.4 is 4.18 Å². The van der Waals surface area contributed by atoms with E-state index in [1.165, 1.54) is 4.90 Å². The molecule has 0 saturated heterocycles. The Morgan fingerprint density at radius 1 is 1.14 bits per heavy atom. The molecule has 1 heterocycles. The standard InChI is InChI=1S/C22H28O4S2/c1-15-11-18(27-9-5-6-10-27)12-16(2)20(15)26-28(24,25)14-22-8-7-17(13-19(22)23)21(22,3)4/h5-6,9-12,17,27H,7-8,13-14H2,1-4H3. The topological polar surface area (TPSA) is 60.4 Å². The first-order chi connectivity index (χ1) is 13.1. The Labute approximate surface area is 170 Å². The summed E-state index contributed by atoms with van der Waals surface area (Å²) in [4.78, 5) is 13.9. The molecule has 0 radical (unpaired) electrons. The Kier molecular flexibility index (Phi) is 4.58. The maximum atomic E-state index is 13.0. The minimum atomic E-state index is -3.89. The first-order valence-electron chi connectivity index (χ1n) is 9.76. The number of allylic oxidation sites excluding steroid dienone is 2. The molecule has 2 saturated carbocycles. The van der Waals surface area contributed by atoms with Gasteiger partial charge < -0.3 is 4.18 Å². The van der Waals surface area contributed by atoms with E-state index in [9.17, 15) is 13.2 Å². The molecule has 4 nitrogen and oxygen atoms in total. The molecule has 2 aliphatic carbocycles. The van der Waals surface area contributed by atoms with Crippen LogP contribution in [0.3, 0.4) is 0 Å². The summed E-state index contributed by atoms with van der Waals surface area (Å²) in [5.41, 5.74) is 0.529. The van der Waals surface area contributed by atoms with Gasteiger partial charge in [-0.05, 0) is 77.0 Å². The van der Waals surface area contributed by atoms with Crippen LogP contribution in [0.2, 0.25) is 0 Å². The van der Waals surface area contributed by atoms with Gasteiger partial charge in [0.05, 0.1) is 11.2 Å². The third-order valence-electron chi connectivity index (χ3n) is 7.12. The summed E-state index contributed by atoms with van der Waals surface area (Å²) >= 11 is 0. The molecular formula is C22H28O4S2. The van der Waals surface area contributed by atoms with Crippen molar-refractivity contribution in [2.24, 2.45) is 16.7 Å². The Balaban J connectivity index is 1.61. The summed E-state index contributed by atoms with van der Waals surface area (Å²) in [6.45, 7) is 7.85. The van der Waals surface area contributed by atoms with Crippen LogP contribution in [0.25, 0.3) is 0 Å². The SMILES string of the molecule is Cc1cc([SH]2C=CC=C2)cc(C)c1OS(=O)(=O)CC12CCC(CC1=O)C2(C)C. The van der Waals surface area contributed by atoms with Gasteiger partial charge >= 0.3 is 10.1 Å². The summed E-state index contributed by atoms with van der Waals surface area (Å²) in [5.74, 6) is 0.557. The Morgan fingerprint density at radius 2 is 1.75 bits per heavy atom. The molecule has 1 aromatic rings. The number of Topliss-reactive ketones (excluding diaryl/α,β-unsaturated/α-hetero) is 1. The molecule has 2 unspecified atom stereocenters. The van der Waals surface area contributed by atoms with Crippen LogP contribution in [-0.4, -0.2) is 20.0 Å². The minimum absolute atomic E-state index is 0.0901. The molecule has 1 aliphatic heterocycles. The van der Waals surface area contributed by atoms with E-state index in [0.29, 0.717) is 18.6 Å². The van der Waals surface area contributed by atoms with Gasteiger partial charge in [0, 0.05) is 6.42 Å². The number of thiol groups is 1. The van der Waals surface area contributed by atoms with E-state index in [2.05, 4.69) is 10.8 Å². The number of hydrogen-bond donors (Lipinski definition) is 1. The van der Waals surface area contributed by atoms with Crippen molar-refractivity contribution in [3.05, 3.63) is 46.2 Å². The predicted molar refractivity (Wildman–Crippen MR) is 114 cm³/mol. The van der Waals surface area contributed by atoms with E-state index >= 15 is 0 Å². The van der Waals surface area contributed by atoms with Gasteiger partial charge in [-0.15, -0.1) is 0 Å². The van der Waals surface area contributed by atoms with E-state index in [0.717, 1.165) is 17.5 Å². The Morgan fingerprint density at radius 3 is 2.25 bits per heavy atom. The molecule has 0 spiro atoms. The van der Waals surface area contributed by atoms with Gasteiger partial charge in [-0.1, -0.05) is 26.0 Å². The van der Waals surface area contributed by atoms with Crippen molar-refractivity contribution in [3.8, 4) is 5.75 Å². The largest absolute Gasteiger partial charge is 0.382 e. The number of aryl methyl sites for hydroxylation is 2. The first kappa shape index (κ1) is 19.8. The van der Waals surface area contributed by atoms with E-state index < -0.39 is 26.4 Å². The number of ketones is 1. The lowest BCUT2D eigenvalue weighted by Gasteiger charge is -2.35. The molecule has 28 heavy (non-hydrogen) atoms. The van der Waals surface area contributed by atoms with Crippen LogP contribution in [-0.2, 0) is 14.9 Å². The highest BCUT2D eigenvalue weighted by Gasteiger charge is 2.65. The third kappa shape index (κ3) is 2.96. The second-order valence-corrected chi connectivity index (χ2v) is 12.4. The molecule has 1 aromatic carbocycles. The fourth-order valence-electron chi connectivity index (χ4n) is 5.28. The van der Waals surface area contributed by atoms with Gasteiger partial charge in [0.15, 0.2) is 0 Å². The molecule has 0 aromatic heterocycles. The molecule has 6 heteroatoms. The molecule has 3 aliphatic rings. The lowest BCUT2D eigenvalue weighted by Crippen LogP contribution is -2.43. The van der Waals surface area contributed by atoms with Crippen molar-refractivity contribution in [2.75, 3.05) is 5.75 Å². The normalized spacial score (nSPS) is 29.1. The van der Waals surface area contributed by atoms with Gasteiger partial charge in [0.1, 0.15) is 11.5 Å². The molecule has 2 atom stereocenters. The van der Waals surface area contributed by atoms with Gasteiger partial charge in [-0.2, -0.15) is 19.3 Å². The summed E-state index contributed by atoms with van der Waals surface area (Å²) in [5, 5.41) is 4.34. The molecule has 0 N–H and O–H groups in total. The zero-order chi connectivity index (χ0) is 20.3. The van der Waals surface area contributed by atoms with E-state index in [-0.39, 0.29) is 22.9 Å². The average Bonchev–Trinajstić information content (AvgIpc) is 3.25. The highest BCUT2D eigenvalue weighted by molar-refractivity contribution is 8.22. The van der Waals surface area contributed by atoms with Gasteiger partial charge in [-0.3, -0.25) is 4.79 Å². The molecule has 4 rings (SSSR count). The summed E-state index contributed by atoms with van der Waals surface area (Å²) in [7, 11) is -4.35. The van der Waals surface area contributed by atoms with Crippen LogP contribution in [0, 0.1) is 30.6 Å². The van der Waals surface area contributed by atoms with Crippen LogP contribution in [0.1, 0.15) is 44.2 Å². The van der Waals surface area contributed by atoms with Crippen molar-refractivity contribution in [1.82, 2.24) is 0 Å². The van der Waals surface area contributed by atoms with Crippen LogP contribution >= 0.6 is 10.9 Å². The third-order valence-corrected chi connectivity index (χ3v) is 10.2. The summed E-state index contributed by atoms with van der Waals surface area (Å²) < 4.78 is 31.7. The van der Waals surface area contributed by atoms with Crippen molar-refractivity contribution in [1.29, 1.82) is 0 Å². The maximum absolute atomic E-state index is 13.0. The number of hydrogen-bond acceptors (Lipinski definition) is 4. The fraction of sp³-hybridized carbons (Fsp3) is 0.500. The molecule has 0 amide bonds. The lowest BCUT2D eigenvalue weighted by atomic mass is 9.70. The number of rotatable bonds is 5. The van der Waals surface area contributed by atoms with Gasteiger partial charge in [0.25, 0.3) is 0 Å². The van der Waals surface area contributed by atoms with Crippen molar-refractivity contribution in [3.63, 3.8) is 0 Å². The molecule has 152 valence electrons. The number of carbonyl (C=O) groups excluding carboxylic acids is 1. The summed E-state index contributed by atoms with van der Waals surface area (Å²) in [6.07, 6.45) is 6.15. The lowest BCUT2D eigenvalue weighted by molar-refractivity contribution is -0.128. The highest BCUT2D eigenvalue weighted by atomic mass is 32.2. The monoisotopic (exact) mass is 420 g/mol. The van der Waals surface area contributed by atoms with Gasteiger partial charge in [-0.25, -0.2) is 0 Å². The molecular weight excluding hydrogens is 392 g/mol. The maximum Gasteiger partial charge on any atom is 0.310 e.